The van der Waals surface area contributed by atoms with E-state index in [-0.39, 0.29) is 5.75 Å². The van der Waals surface area contributed by atoms with Crippen molar-refractivity contribution in [3.05, 3.63) is 48.0 Å². The first kappa shape index (κ1) is 15.7. The molecule has 0 unspecified atom stereocenters. The molecule has 7 heteroatoms. The van der Waals surface area contributed by atoms with Crippen LogP contribution in [0.15, 0.2) is 36.5 Å². The Morgan fingerprint density at radius 2 is 1.95 bits per heavy atom. The average molecular weight is 308 g/mol. The SMILES string of the molecule is CNS(=O)(=O)CCNCc1cnc(C)n1-c1ccccc1. The first-order chi connectivity index (χ1) is 10.0. The molecule has 0 aliphatic rings. The van der Waals surface area contributed by atoms with Crippen molar-refractivity contribution < 1.29 is 8.42 Å². The van der Waals surface area contributed by atoms with Crippen molar-refractivity contribution in [3.8, 4) is 5.69 Å². The van der Waals surface area contributed by atoms with Gasteiger partial charge in [-0.3, -0.25) is 4.57 Å². The minimum absolute atomic E-state index is 0.0575. The van der Waals surface area contributed by atoms with Gasteiger partial charge in [0, 0.05) is 18.8 Å². The van der Waals surface area contributed by atoms with Crippen LogP contribution in [0.3, 0.4) is 0 Å². The Labute approximate surface area is 125 Å². The van der Waals surface area contributed by atoms with Crippen molar-refractivity contribution in [2.24, 2.45) is 0 Å². The second kappa shape index (κ2) is 6.84. The predicted molar refractivity (Wildman–Crippen MR) is 82.9 cm³/mol. The fourth-order valence-corrected chi connectivity index (χ4v) is 2.69. The maximum Gasteiger partial charge on any atom is 0.212 e. The molecule has 0 bridgehead atoms. The molecule has 114 valence electrons. The lowest BCUT2D eigenvalue weighted by molar-refractivity contribution is 0.582. The van der Waals surface area contributed by atoms with E-state index in [4.69, 9.17) is 0 Å². The Morgan fingerprint density at radius 3 is 2.62 bits per heavy atom. The molecule has 0 amide bonds. The summed E-state index contributed by atoms with van der Waals surface area (Å²) in [6, 6.07) is 9.96. The van der Waals surface area contributed by atoms with Gasteiger partial charge in [0.1, 0.15) is 5.82 Å². The number of aromatic nitrogens is 2. The van der Waals surface area contributed by atoms with Gasteiger partial charge < -0.3 is 5.32 Å². The molecule has 2 rings (SSSR count). The number of benzene rings is 1. The van der Waals surface area contributed by atoms with Crippen LogP contribution < -0.4 is 10.0 Å². The Balaban J connectivity index is 2.02. The lowest BCUT2D eigenvalue weighted by Crippen LogP contribution is -2.29. The maximum atomic E-state index is 11.3. The topological polar surface area (TPSA) is 76.0 Å². The molecule has 0 saturated heterocycles. The van der Waals surface area contributed by atoms with E-state index in [2.05, 4.69) is 19.6 Å². The van der Waals surface area contributed by atoms with Gasteiger partial charge in [-0.2, -0.15) is 0 Å². The van der Waals surface area contributed by atoms with E-state index in [0.29, 0.717) is 13.1 Å². The largest absolute Gasteiger partial charge is 0.310 e. The number of hydrogen-bond donors (Lipinski definition) is 2. The summed E-state index contributed by atoms with van der Waals surface area (Å²) < 4.78 is 27.0. The van der Waals surface area contributed by atoms with Crippen molar-refractivity contribution >= 4 is 10.0 Å². The molecule has 1 heterocycles. The number of rotatable bonds is 7. The minimum Gasteiger partial charge on any atom is -0.310 e. The lowest BCUT2D eigenvalue weighted by Gasteiger charge is -2.11. The Hall–Kier alpha value is -1.70. The van der Waals surface area contributed by atoms with E-state index in [9.17, 15) is 8.42 Å². The van der Waals surface area contributed by atoms with Gasteiger partial charge in [0.2, 0.25) is 10.0 Å². The van der Waals surface area contributed by atoms with Crippen molar-refractivity contribution in [2.75, 3.05) is 19.3 Å². The highest BCUT2D eigenvalue weighted by Gasteiger charge is 2.09. The number of imidazole rings is 1. The molecule has 2 N–H and O–H groups in total. The third-order valence-corrected chi connectivity index (χ3v) is 4.55. The highest BCUT2D eigenvalue weighted by atomic mass is 32.2. The summed E-state index contributed by atoms with van der Waals surface area (Å²) >= 11 is 0. The van der Waals surface area contributed by atoms with Crippen molar-refractivity contribution in [3.63, 3.8) is 0 Å². The number of para-hydroxylation sites is 1. The van der Waals surface area contributed by atoms with Crippen molar-refractivity contribution in [2.45, 2.75) is 13.5 Å². The molecule has 0 fully saturated rings. The van der Waals surface area contributed by atoms with Gasteiger partial charge in [-0.1, -0.05) is 18.2 Å². The zero-order chi connectivity index (χ0) is 15.3. The van der Waals surface area contributed by atoms with Gasteiger partial charge in [-0.05, 0) is 26.1 Å². The average Bonchev–Trinajstić information content (AvgIpc) is 2.85. The van der Waals surface area contributed by atoms with Gasteiger partial charge in [0.25, 0.3) is 0 Å². The lowest BCUT2D eigenvalue weighted by atomic mass is 10.3. The van der Waals surface area contributed by atoms with E-state index in [1.165, 1.54) is 7.05 Å². The first-order valence-corrected chi connectivity index (χ1v) is 8.39. The highest BCUT2D eigenvalue weighted by molar-refractivity contribution is 7.89. The standard InChI is InChI=1S/C14H20N4O2S/c1-12-17-11-14(10-16-8-9-21(19,20)15-2)18(12)13-6-4-3-5-7-13/h3-7,11,15-16H,8-10H2,1-2H3. The number of sulfonamides is 1. The Kier molecular flexibility index (Phi) is 5.11. The van der Waals surface area contributed by atoms with Crippen LogP contribution in [0.4, 0.5) is 0 Å². The summed E-state index contributed by atoms with van der Waals surface area (Å²) in [4.78, 5) is 4.33. The minimum atomic E-state index is -3.17. The summed E-state index contributed by atoms with van der Waals surface area (Å²) in [6.07, 6.45) is 1.81. The molecule has 0 radical (unpaired) electrons. The molecule has 1 aromatic carbocycles. The number of nitrogens with zero attached hydrogens (tertiary/aromatic N) is 2. The molecule has 0 saturated carbocycles. The van der Waals surface area contributed by atoms with Crippen LogP contribution in [-0.4, -0.2) is 37.3 Å². The van der Waals surface area contributed by atoms with Gasteiger partial charge in [-0.15, -0.1) is 0 Å². The van der Waals surface area contributed by atoms with Crippen molar-refractivity contribution in [1.29, 1.82) is 0 Å². The third-order valence-electron chi connectivity index (χ3n) is 3.19. The summed E-state index contributed by atoms with van der Waals surface area (Å²) in [5, 5.41) is 3.14. The molecule has 21 heavy (non-hydrogen) atoms. The molecule has 0 spiro atoms. The van der Waals surface area contributed by atoms with Gasteiger partial charge in [0.05, 0.1) is 17.6 Å². The number of aryl methyl sites for hydroxylation is 1. The zero-order valence-corrected chi connectivity index (χ0v) is 13.0. The molecular formula is C14H20N4O2S. The quantitative estimate of drug-likeness (QED) is 0.743. The van der Waals surface area contributed by atoms with Crippen LogP contribution >= 0.6 is 0 Å². The van der Waals surface area contributed by atoms with Crippen LogP contribution in [0.2, 0.25) is 0 Å². The highest BCUT2D eigenvalue weighted by Crippen LogP contribution is 2.14. The first-order valence-electron chi connectivity index (χ1n) is 6.74. The van der Waals surface area contributed by atoms with E-state index >= 15 is 0 Å². The molecular weight excluding hydrogens is 288 g/mol. The normalized spacial score (nSPS) is 11.7. The maximum absolute atomic E-state index is 11.3. The fourth-order valence-electron chi connectivity index (χ4n) is 2.07. The summed E-state index contributed by atoms with van der Waals surface area (Å²) in [5.74, 6) is 0.961. The molecule has 0 aliphatic heterocycles. The second-order valence-corrected chi connectivity index (χ2v) is 6.71. The molecule has 2 aromatic rings. The Bertz CT molecular complexity index is 680. The van der Waals surface area contributed by atoms with E-state index in [0.717, 1.165) is 17.2 Å². The second-order valence-electron chi connectivity index (χ2n) is 4.67. The Morgan fingerprint density at radius 1 is 1.24 bits per heavy atom. The van der Waals surface area contributed by atoms with Crippen LogP contribution in [0.25, 0.3) is 5.69 Å². The van der Waals surface area contributed by atoms with Crippen LogP contribution in [0.1, 0.15) is 11.5 Å². The molecule has 0 atom stereocenters. The zero-order valence-electron chi connectivity index (χ0n) is 12.2. The summed E-state index contributed by atoms with van der Waals surface area (Å²) in [6.45, 7) is 2.90. The molecule has 0 aliphatic carbocycles. The third kappa shape index (κ3) is 4.13. The molecule has 6 nitrogen and oxygen atoms in total. The van der Waals surface area contributed by atoms with E-state index in [1.807, 2.05) is 43.5 Å². The fraction of sp³-hybridized carbons (Fsp3) is 0.357. The molecule has 1 aromatic heterocycles. The monoisotopic (exact) mass is 308 g/mol. The smallest absolute Gasteiger partial charge is 0.212 e. The number of nitrogens with one attached hydrogen (secondary N) is 2. The van der Waals surface area contributed by atoms with Crippen LogP contribution in [-0.2, 0) is 16.6 Å². The summed E-state index contributed by atoms with van der Waals surface area (Å²) in [5.41, 5.74) is 2.05. The number of hydrogen-bond acceptors (Lipinski definition) is 4. The predicted octanol–water partition coefficient (Wildman–Crippen LogP) is 0.820. The summed E-state index contributed by atoms with van der Waals surface area (Å²) in [7, 11) is -1.75. The van der Waals surface area contributed by atoms with Gasteiger partial charge in [-0.25, -0.2) is 18.1 Å². The van der Waals surface area contributed by atoms with Crippen LogP contribution in [0, 0.1) is 6.92 Å². The van der Waals surface area contributed by atoms with Gasteiger partial charge in [0.15, 0.2) is 0 Å². The van der Waals surface area contributed by atoms with Crippen LogP contribution in [0.5, 0.6) is 0 Å². The van der Waals surface area contributed by atoms with Gasteiger partial charge >= 0.3 is 0 Å². The van der Waals surface area contributed by atoms with E-state index < -0.39 is 10.0 Å². The van der Waals surface area contributed by atoms with Crippen molar-refractivity contribution in [1.82, 2.24) is 19.6 Å². The van der Waals surface area contributed by atoms with E-state index in [1.54, 1.807) is 0 Å².